The van der Waals surface area contributed by atoms with Gasteiger partial charge in [-0.1, -0.05) is 18.2 Å². The summed E-state index contributed by atoms with van der Waals surface area (Å²) in [6.07, 6.45) is 1.80. The summed E-state index contributed by atoms with van der Waals surface area (Å²) in [7, 11) is 0. The molecular weight excluding hydrogens is 380 g/mol. The lowest BCUT2D eigenvalue weighted by Crippen LogP contribution is -2.22. The van der Waals surface area contributed by atoms with E-state index < -0.39 is 5.97 Å². The summed E-state index contributed by atoms with van der Waals surface area (Å²) >= 11 is 3.60. The van der Waals surface area contributed by atoms with Crippen molar-refractivity contribution in [1.82, 2.24) is 0 Å². The highest BCUT2D eigenvalue weighted by Gasteiger charge is 2.08. The quantitative estimate of drug-likeness (QED) is 0.545. The number of hydrogen-bond donors (Lipinski definition) is 1. The van der Waals surface area contributed by atoms with Crippen molar-refractivity contribution < 1.29 is 9.90 Å². The van der Waals surface area contributed by atoms with Gasteiger partial charge in [0.2, 0.25) is 0 Å². The van der Waals surface area contributed by atoms with Crippen molar-refractivity contribution in [3.63, 3.8) is 0 Å². The standard InChI is InChI=1S/C20H19BrN2O2/c1-3-23(4-2)19-10-5-14(12-18(19)21)11-17(13-22)15-6-8-16(9-7-15)20(24)25/h5-12H,3-4H2,1-2H3,(H,24,25)/b17-11-. The fourth-order valence-corrected chi connectivity index (χ4v) is 3.22. The number of anilines is 1. The second-order valence-corrected chi connectivity index (χ2v) is 6.29. The van der Waals surface area contributed by atoms with Gasteiger partial charge in [-0.05, 0) is 71.2 Å². The summed E-state index contributed by atoms with van der Waals surface area (Å²) in [6.45, 7) is 6.06. The van der Waals surface area contributed by atoms with E-state index in [1.54, 1.807) is 18.2 Å². The van der Waals surface area contributed by atoms with Gasteiger partial charge in [0.05, 0.1) is 22.9 Å². The molecular formula is C20H19BrN2O2. The van der Waals surface area contributed by atoms with E-state index in [4.69, 9.17) is 5.11 Å². The first kappa shape index (κ1) is 18.8. The molecule has 4 nitrogen and oxygen atoms in total. The Morgan fingerprint density at radius 1 is 1.16 bits per heavy atom. The molecule has 2 aromatic carbocycles. The van der Waals surface area contributed by atoms with E-state index in [0.717, 1.165) is 28.8 Å². The van der Waals surface area contributed by atoms with Crippen molar-refractivity contribution in [2.45, 2.75) is 13.8 Å². The molecule has 1 N–H and O–H groups in total. The van der Waals surface area contributed by atoms with Crippen LogP contribution in [-0.4, -0.2) is 24.2 Å². The summed E-state index contributed by atoms with van der Waals surface area (Å²) < 4.78 is 0.975. The number of benzene rings is 2. The number of nitriles is 1. The van der Waals surface area contributed by atoms with Crippen LogP contribution in [0.15, 0.2) is 46.9 Å². The minimum absolute atomic E-state index is 0.201. The van der Waals surface area contributed by atoms with Crippen molar-refractivity contribution in [2.75, 3.05) is 18.0 Å². The molecule has 128 valence electrons. The summed E-state index contributed by atoms with van der Waals surface area (Å²) in [6, 6.07) is 14.5. The van der Waals surface area contributed by atoms with Gasteiger partial charge >= 0.3 is 5.97 Å². The van der Waals surface area contributed by atoms with E-state index in [1.165, 1.54) is 12.1 Å². The van der Waals surface area contributed by atoms with Gasteiger partial charge < -0.3 is 10.0 Å². The molecule has 0 spiro atoms. The minimum atomic E-state index is -0.982. The van der Waals surface area contributed by atoms with Crippen molar-refractivity contribution in [1.29, 1.82) is 5.26 Å². The highest BCUT2D eigenvalue weighted by Crippen LogP contribution is 2.29. The lowest BCUT2D eigenvalue weighted by atomic mass is 10.0. The number of allylic oxidation sites excluding steroid dienone is 1. The highest BCUT2D eigenvalue weighted by atomic mass is 79.9. The average molecular weight is 399 g/mol. The number of rotatable bonds is 6. The Hall–Kier alpha value is -2.58. The minimum Gasteiger partial charge on any atom is -0.478 e. The molecule has 2 rings (SSSR count). The maximum atomic E-state index is 10.9. The van der Waals surface area contributed by atoms with E-state index in [2.05, 4.69) is 40.7 Å². The van der Waals surface area contributed by atoms with Crippen LogP contribution < -0.4 is 4.90 Å². The van der Waals surface area contributed by atoms with Crippen LogP contribution in [0.25, 0.3) is 11.6 Å². The number of aromatic carboxylic acids is 1. The predicted octanol–water partition coefficient (Wildman–Crippen LogP) is 5.06. The summed E-state index contributed by atoms with van der Waals surface area (Å²) in [5, 5.41) is 18.4. The Bertz CT molecular complexity index is 832. The molecule has 2 aromatic rings. The van der Waals surface area contributed by atoms with Crippen LogP contribution in [-0.2, 0) is 0 Å². The van der Waals surface area contributed by atoms with Gasteiger partial charge in [0.15, 0.2) is 0 Å². The fraction of sp³-hybridized carbons (Fsp3) is 0.200. The number of halogens is 1. The second kappa shape index (κ2) is 8.50. The topological polar surface area (TPSA) is 64.3 Å². The van der Waals surface area contributed by atoms with Crippen molar-refractivity contribution in [3.05, 3.63) is 63.6 Å². The SMILES string of the molecule is CCN(CC)c1ccc(/C=C(/C#N)c2ccc(C(=O)O)cc2)cc1Br. The van der Waals surface area contributed by atoms with Crippen LogP contribution in [0.5, 0.6) is 0 Å². The molecule has 0 aromatic heterocycles. The molecule has 0 saturated carbocycles. The molecule has 0 fully saturated rings. The maximum Gasteiger partial charge on any atom is 0.335 e. The normalized spacial score (nSPS) is 11.0. The Balaban J connectivity index is 2.35. The smallest absolute Gasteiger partial charge is 0.335 e. The third-order valence-corrected chi connectivity index (χ3v) is 4.59. The number of nitrogens with zero attached hydrogens (tertiary/aromatic N) is 2. The molecule has 0 atom stereocenters. The summed E-state index contributed by atoms with van der Waals surface area (Å²) in [5.74, 6) is -0.982. The van der Waals surface area contributed by atoms with E-state index in [-0.39, 0.29) is 5.56 Å². The second-order valence-electron chi connectivity index (χ2n) is 5.44. The van der Waals surface area contributed by atoms with Gasteiger partial charge in [0, 0.05) is 17.6 Å². The van der Waals surface area contributed by atoms with Crippen molar-refractivity contribution in [3.8, 4) is 6.07 Å². The molecule has 5 heteroatoms. The summed E-state index contributed by atoms with van der Waals surface area (Å²) in [4.78, 5) is 13.2. The maximum absolute atomic E-state index is 10.9. The molecule has 0 amide bonds. The molecule has 0 unspecified atom stereocenters. The van der Waals surface area contributed by atoms with Gasteiger partial charge in [-0.2, -0.15) is 5.26 Å². The molecule has 0 saturated heterocycles. The molecule has 0 aliphatic rings. The Morgan fingerprint density at radius 2 is 1.76 bits per heavy atom. The molecule has 0 radical (unpaired) electrons. The largest absolute Gasteiger partial charge is 0.478 e. The monoisotopic (exact) mass is 398 g/mol. The van der Waals surface area contributed by atoms with Crippen LogP contribution in [0.2, 0.25) is 0 Å². The van der Waals surface area contributed by atoms with Gasteiger partial charge in [0.25, 0.3) is 0 Å². The van der Waals surface area contributed by atoms with E-state index in [1.807, 2.05) is 18.2 Å². The van der Waals surface area contributed by atoms with Gasteiger partial charge in [0.1, 0.15) is 0 Å². The van der Waals surface area contributed by atoms with Crippen LogP contribution >= 0.6 is 15.9 Å². The third kappa shape index (κ3) is 4.49. The lowest BCUT2D eigenvalue weighted by molar-refractivity contribution is 0.0697. The molecule has 0 heterocycles. The zero-order valence-electron chi connectivity index (χ0n) is 14.2. The number of carbonyl (C=O) groups is 1. The lowest BCUT2D eigenvalue weighted by Gasteiger charge is -2.22. The van der Waals surface area contributed by atoms with Crippen LogP contribution in [0.4, 0.5) is 5.69 Å². The Labute approximate surface area is 156 Å². The molecule has 0 aliphatic heterocycles. The first-order chi connectivity index (χ1) is 12.0. The fourth-order valence-electron chi connectivity index (χ4n) is 2.57. The Kier molecular flexibility index (Phi) is 6.37. The van der Waals surface area contributed by atoms with Crippen LogP contribution in [0.3, 0.4) is 0 Å². The van der Waals surface area contributed by atoms with Crippen LogP contribution in [0.1, 0.15) is 35.3 Å². The number of carboxylic acid groups (broad SMARTS) is 1. The van der Waals surface area contributed by atoms with Gasteiger partial charge in [-0.15, -0.1) is 0 Å². The van der Waals surface area contributed by atoms with Crippen LogP contribution in [0, 0.1) is 11.3 Å². The van der Waals surface area contributed by atoms with E-state index in [0.29, 0.717) is 11.1 Å². The molecule has 0 bridgehead atoms. The zero-order chi connectivity index (χ0) is 18.4. The number of carboxylic acids is 1. The zero-order valence-corrected chi connectivity index (χ0v) is 15.7. The van der Waals surface area contributed by atoms with Gasteiger partial charge in [-0.25, -0.2) is 4.79 Å². The Morgan fingerprint density at radius 3 is 2.24 bits per heavy atom. The van der Waals surface area contributed by atoms with Crippen molar-refractivity contribution in [2.24, 2.45) is 0 Å². The first-order valence-electron chi connectivity index (χ1n) is 8.00. The third-order valence-electron chi connectivity index (χ3n) is 3.95. The van der Waals surface area contributed by atoms with E-state index >= 15 is 0 Å². The highest BCUT2D eigenvalue weighted by molar-refractivity contribution is 9.10. The number of hydrogen-bond acceptors (Lipinski definition) is 3. The summed E-state index contributed by atoms with van der Waals surface area (Å²) in [5.41, 5.74) is 3.40. The van der Waals surface area contributed by atoms with E-state index in [9.17, 15) is 10.1 Å². The average Bonchev–Trinajstić information content (AvgIpc) is 2.62. The first-order valence-corrected chi connectivity index (χ1v) is 8.79. The predicted molar refractivity (Wildman–Crippen MR) is 105 cm³/mol. The molecule has 0 aliphatic carbocycles. The van der Waals surface area contributed by atoms with Crippen molar-refractivity contribution >= 4 is 39.2 Å². The van der Waals surface area contributed by atoms with Gasteiger partial charge in [-0.3, -0.25) is 0 Å². The molecule has 25 heavy (non-hydrogen) atoms.